The topological polar surface area (TPSA) is 52.4 Å². The summed E-state index contributed by atoms with van der Waals surface area (Å²) in [7, 11) is 0. The van der Waals surface area contributed by atoms with Gasteiger partial charge in [0.25, 0.3) is 5.69 Å². The van der Waals surface area contributed by atoms with Gasteiger partial charge in [0.15, 0.2) is 5.75 Å². The fourth-order valence-corrected chi connectivity index (χ4v) is 2.70. The van der Waals surface area contributed by atoms with E-state index in [1.807, 2.05) is 0 Å². The van der Waals surface area contributed by atoms with Gasteiger partial charge in [-0.3, -0.25) is 10.1 Å². The Kier molecular flexibility index (Phi) is 5.17. The molecule has 0 aliphatic heterocycles. The Hall–Kier alpha value is -1.20. The van der Waals surface area contributed by atoms with E-state index in [0.29, 0.717) is 15.6 Å². The van der Waals surface area contributed by atoms with Gasteiger partial charge in [0.05, 0.1) is 15.0 Å². The van der Waals surface area contributed by atoms with Crippen molar-refractivity contribution in [3.63, 3.8) is 0 Å². The predicted octanol–water partition coefficient (Wildman–Crippen LogP) is 5.79. The number of nitro benzene ring substituents is 1. The quantitative estimate of drug-likeness (QED) is 0.508. The fourth-order valence-electron chi connectivity index (χ4n) is 1.60. The van der Waals surface area contributed by atoms with E-state index < -0.39 is 4.92 Å². The van der Waals surface area contributed by atoms with Crippen molar-refractivity contribution in [1.82, 2.24) is 0 Å². The largest absolute Gasteiger partial charge is 0.486 e. The number of hydrogen-bond donors (Lipinski definition) is 0. The van der Waals surface area contributed by atoms with E-state index in [-0.39, 0.29) is 28.1 Å². The Balaban J connectivity index is 2.24. The van der Waals surface area contributed by atoms with Gasteiger partial charge < -0.3 is 4.74 Å². The van der Waals surface area contributed by atoms with Crippen LogP contribution in [0.2, 0.25) is 20.1 Å². The average molecular weight is 367 g/mol. The maximum atomic E-state index is 10.7. The molecule has 2 rings (SSSR count). The molecule has 21 heavy (non-hydrogen) atoms. The van der Waals surface area contributed by atoms with Crippen molar-refractivity contribution in [3.8, 4) is 5.75 Å². The lowest BCUT2D eigenvalue weighted by atomic mass is 10.2. The molecule has 0 atom stereocenters. The molecule has 0 unspecified atom stereocenters. The van der Waals surface area contributed by atoms with Crippen molar-refractivity contribution in [3.05, 3.63) is 66.1 Å². The van der Waals surface area contributed by atoms with Gasteiger partial charge in [-0.1, -0.05) is 46.4 Å². The minimum Gasteiger partial charge on any atom is -0.486 e. The molecule has 0 fully saturated rings. The summed E-state index contributed by atoms with van der Waals surface area (Å²) < 4.78 is 5.49. The minimum absolute atomic E-state index is 0.0123. The second-order valence-corrected chi connectivity index (χ2v) is 5.68. The van der Waals surface area contributed by atoms with E-state index in [1.54, 1.807) is 0 Å². The van der Waals surface area contributed by atoms with Gasteiger partial charge in [-0.2, -0.15) is 0 Å². The van der Waals surface area contributed by atoms with Crippen molar-refractivity contribution in [2.24, 2.45) is 0 Å². The Morgan fingerprint density at radius 2 is 1.62 bits per heavy atom. The summed E-state index contributed by atoms with van der Waals surface area (Å²) >= 11 is 23.8. The lowest BCUT2D eigenvalue weighted by Gasteiger charge is -2.11. The first-order valence-corrected chi connectivity index (χ1v) is 7.10. The van der Waals surface area contributed by atoms with Crippen molar-refractivity contribution in [2.45, 2.75) is 6.61 Å². The van der Waals surface area contributed by atoms with Crippen LogP contribution in [0.3, 0.4) is 0 Å². The molecule has 0 saturated carbocycles. The van der Waals surface area contributed by atoms with Crippen molar-refractivity contribution >= 4 is 52.1 Å². The van der Waals surface area contributed by atoms with Crippen LogP contribution in [0.15, 0.2) is 30.3 Å². The van der Waals surface area contributed by atoms with Crippen LogP contribution in [0, 0.1) is 10.1 Å². The number of halogens is 4. The second kappa shape index (κ2) is 6.71. The highest BCUT2D eigenvalue weighted by molar-refractivity contribution is 6.40. The summed E-state index contributed by atoms with van der Waals surface area (Å²) in [5.74, 6) is 0.241. The smallest absolute Gasteiger partial charge is 0.269 e. The van der Waals surface area contributed by atoms with Crippen LogP contribution in [-0.4, -0.2) is 4.92 Å². The SMILES string of the molecule is O=[N+]([O-])c1ccc(Cl)c(COc2c(Cl)cc(Cl)cc2Cl)c1. The number of benzene rings is 2. The van der Waals surface area contributed by atoms with Gasteiger partial charge >= 0.3 is 0 Å². The Labute approximate surface area is 140 Å². The number of nitro groups is 1. The van der Waals surface area contributed by atoms with Gasteiger partial charge in [0.2, 0.25) is 0 Å². The molecule has 0 aromatic heterocycles. The van der Waals surface area contributed by atoms with E-state index >= 15 is 0 Å². The standard InChI is InChI=1S/C13H7Cl4NO3/c14-8-4-11(16)13(12(17)5-8)21-6-7-3-9(18(19)20)1-2-10(7)15/h1-5H,6H2. The fraction of sp³-hybridized carbons (Fsp3) is 0.0769. The minimum atomic E-state index is -0.512. The van der Waals surface area contributed by atoms with Crippen molar-refractivity contribution in [1.29, 1.82) is 0 Å². The molecule has 0 N–H and O–H groups in total. The molecular weight excluding hydrogens is 360 g/mol. The molecule has 110 valence electrons. The molecule has 2 aromatic carbocycles. The van der Waals surface area contributed by atoms with Gasteiger partial charge in [0, 0.05) is 27.7 Å². The van der Waals surface area contributed by atoms with Crippen LogP contribution in [0.1, 0.15) is 5.56 Å². The van der Waals surface area contributed by atoms with Crippen LogP contribution >= 0.6 is 46.4 Å². The van der Waals surface area contributed by atoms with Gasteiger partial charge in [0.1, 0.15) is 6.61 Å². The highest BCUT2D eigenvalue weighted by Crippen LogP contribution is 2.36. The lowest BCUT2D eigenvalue weighted by molar-refractivity contribution is -0.384. The number of rotatable bonds is 4. The second-order valence-electron chi connectivity index (χ2n) is 4.02. The molecule has 2 aromatic rings. The zero-order valence-corrected chi connectivity index (χ0v) is 13.3. The lowest BCUT2D eigenvalue weighted by Crippen LogP contribution is -1.99. The molecule has 0 radical (unpaired) electrons. The summed E-state index contributed by atoms with van der Waals surface area (Å²) in [4.78, 5) is 10.2. The zero-order valence-electron chi connectivity index (χ0n) is 10.3. The monoisotopic (exact) mass is 365 g/mol. The van der Waals surface area contributed by atoms with Crippen LogP contribution in [0.25, 0.3) is 0 Å². The molecule has 4 nitrogen and oxygen atoms in total. The molecular formula is C13H7Cl4NO3. The summed E-state index contributed by atoms with van der Waals surface area (Å²) in [5, 5.41) is 12.0. The van der Waals surface area contributed by atoms with Crippen molar-refractivity contribution in [2.75, 3.05) is 0 Å². The Bertz CT molecular complexity index is 683. The zero-order chi connectivity index (χ0) is 15.6. The average Bonchev–Trinajstić information content (AvgIpc) is 2.39. The number of hydrogen-bond acceptors (Lipinski definition) is 3. The maximum Gasteiger partial charge on any atom is 0.269 e. The van der Waals surface area contributed by atoms with Crippen LogP contribution in [0.5, 0.6) is 5.75 Å². The van der Waals surface area contributed by atoms with E-state index in [2.05, 4.69) is 0 Å². The van der Waals surface area contributed by atoms with Gasteiger partial charge in [-0.05, 0) is 18.2 Å². The summed E-state index contributed by atoms with van der Waals surface area (Å²) in [6.07, 6.45) is 0. The van der Waals surface area contributed by atoms with Gasteiger partial charge in [-0.25, -0.2) is 0 Å². The third kappa shape index (κ3) is 3.92. The first-order chi connectivity index (χ1) is 9.88. The maximum absolute atomic E-state index is 10.7. The van der Waals surface area contributed by atoms with Crippen LogP contribution < -0.4 is 4.74 Å². The number of nitrogens with zero attached hydrogens (tertiary/aromatic N) is 1. The van der Waals surface area contributed by atoms with E-state index in [9.17, 15) is 10.1 Å². The van der Waals surface area contributed by atoms with Crippen molar-refractivity contribution < 1.29 is 9.66 Å². The first kappa shape index (κ1) is 16.2. The molecule has 0 aliphatic rings. The number of non-ortho nitro benzene ring substituents is 1. The molecule has 0 bridgehead atoms. The molecule has 0 spiro atoms. The van der Waals surface area contributed by atoms with E-state index in [1.165, 1.54) is 30.3 Å². The molecule has 0 amide bonds. The predicted molar refractivity (Wildman–Crippen MR) is 83.9 cm³/mol. The Morgan fingerprint density at radius 1 is 1.00 bits per heavy atom. The third-order valence-electron chi connectivity index (χ3n) is 2.58. The van der Waals surface area contributed by atoms with Crippen LogP contribution in [0.4, 0.5) is 5.69 Å². The van der Waals surface area contributed by atoms with Crippen LogP contribution in [-0.2, 0) is 6.61 Å². The van der Waals surface area contributed by atoms with E-state index in [0.717, 1.165) is 0 Å². The summed E-state index contributed by atoms with van der Waals surface area (Å²) in [6, 6.07) is 7.05. The molecule has 8 heteroatoms. The summed E-state index contributed by atoms with van der Waals surface area (Å²) in [5.41, 5.74) is 0.374. The molecule has 0 aliphatic carbocycles. The van der Waals surface area contributed by atoms with E-state index in [4.69, 9.17) is 51.1 Å². The summed E-state index contributed by atoms with van der Waals surface area (Å²) in [6.45, 7) is -0.0123. The highest BCUT2D eigenvalue weighted by Gasteiger charge is 2.13. The normalized spacial score (nSPS) is 10.5. The molecule has 0 heterocycles. The van der Waals surface area contributed by atoms with Gasteiger partial charge in [-0.15, -0.1) is 0 Å². The highest BCUT2D eigenvalue weighted by atomic mass is 35.5. The number of ether oxygens (including phenoxy) is 1. The molecule has 0 saturated heterocycles. The third-order valence-corrected chi connectivity index (χ3v) is 3.72. The first-order valence-electron chi connectivity index (χ1n) is 5.58. The Morgan fingerprint density at radius 3 is 2.19 bits per heavy atom.